The molecule has 3 nitrogen and oxygen atoms in total. The largest absolute Gasteiger partial charge is 0.311 e. The SMILES string of the molecule is CS(C)(C)c1cc2c3c(c1)N(c1ccccc1)c1cc(N(C4=CC=C=CC=C4)c4ccccc4)ccc1B3c1ccccc1N2c1ccccc1. The quantitative estimate of drug-likeness (QED) is 0.128. The minimum atomic E-state index is -1.09. The Morgan fingerprint density at radius 1 is 0.549 bits per heavy atom. The lowest BCUT2D eigenvalue weighted by Crippen LogP contribution is -2.61. The lowest BCUT2D eigenvalue weighted by molar-refractivity contribution is 1.19. The van der Waals surface area contributed by atoms with Crippen molar-refractivity contribution in [3.05, 3.63) is 187 Å². The summed E-state index contributed by atoms with van der Waals surface area (Å²) in [6.45, 7) is 0.0634. The Labute approximate surface area is 303 Å². The summed E-state index contributed by atoms with van der Waals surface area (Å²) in [5.41, 5.74) is 17.7. The van der Waals surface area contributed by atoms with E-state index in [1.165, 1.54) is 49.7 Å². The van der Waals surface area contributed by atoms with E-state index >= 15 is 0 Å². The minimum Gasteiger partial charge on any atom is -0.311 e. The summed E-state index contributed by atoms with van der Waals surface area (Å²) in [5.74, 6) is 0. The van der Waals surface area contributed by atoms with Gasteiger partial charge in [-0.05, 0) is 131 Å². The highest BCUT2D eigenvalue weighted by molar-refractivity contribution is 8.32. The number of benzene rings is 6. The summed E-state index contributed by atoms with van der Waals surface area (Å²) in [6.07, 6.45) is 17.5. The Bertz CT molecular complexity index is 2410. The summed E-state index contributed by atoms with van der Waals surface area (Å²) in [6, 6.07) is 53.5. The van der Waals surface area contributed by atoms with Gasteiger partial charge in [-0.15, -0.1) is 5.73 Å². The first kappa shape index (κ1) is 31.1. The van der Waals surface area contributed by atoms with Crippen LogP contribution in [-0.4, -0.2) is 25.5 Å². The molecule has 2 aliphatic heterocycles. The van der Waals surface area contributed by atoms with E-state index in [0.717, 1.165) is 22.8 Å². The Morgan fingerprint density at radius 2 is 1.14 bits per heavy atom. The van der Waals surface area contributed by atoms with Gasteiger partial charge in [0, 0.05) is 51.2 Å². The molecule has 0 N–H and O–H groups in total. The second kappa shape index (κ2) is 12.5. The zero-order valence-corrected chi connectivity index (χ0v) is 29.9. The fourth-order valence-electron chi connectivity index (χ4n) is 7.73. The third-order valence-electron chi connectivity index (χ3n) is 10.0. The molecule has 3 aliphatic rings. The molecule has 0 unspecified atom stereocenters. The van der Waals surface area contributed by atoms with E-state index in [4.69, 9.17) is 0 Å². The van der Waals surface area contributed by atoms with Crippen LogP contribution >= 0.6 is 10.0 Å². The van der Waals surface area contributed by atoms with Gasteiger partial charge >= 0.3 is 0 Å². The number of allylic oxidation sites excluding steroid dienone is 4. The Morgan fingerprint density at radius 3 is 1.80 bits per heavy atom. The molecular formula is C46H38BN3S. The Kier molecular flexibility index (Phi) is 7.62. The molecule has 0 spiro atoms. The first-order valence-electron chi connectivity index (χ1n) is 17.4. The molecule has 1 aliphatic carbocycles. The Hall–Kier alpha value is -5.87. The van der Waals surface area contributed by atoms with E-state index < -0.39 is 10.0 Å². The van der Waals surface area contributed by atoms with Gasteiger partial charge in [-0.3, -0.25) is 0 Å². The van der Waals surface area contributed by atoms with Crippen molar-refractivity contribution in [2.45, 2.75) is 4.90 Å². The van der Waals surface area contributed by atoms with Gasteiger partial charge in [-0.1, -0.05) is 84.9 Å². The molecule has 5 heteroatoms. The maximum atomic E-state index is 3.24. The van der Waals surface area contributed by atoms with Crippen LogP contribution in [0.2, 0.25) is 0 Å². The van der Waals surface area contributed by atoms with Crippen LogP contribution in [0.25, 0.3) is 0 Å². The predicted octanol–water partition coefficient (Wildman–Crippen LogP) is 10.1. The average Bonchev–Trinajstić information content (AvgIpc) is 3.45. The van der Waals surface area contributed by atoms with E-state index in [2.05, 4.69) is 203 Å². The molecule has 0 aromatic heterocycles. The molecule has 2 heterocycles. The predicted molar refractivity (Wildman–Crippen MR) is 223 cm³/mol. The summed E-state index contributed by atoms with van der Waals surface area (Å²) in [5, 5.41) is 0. The fourth-order valence-corrected chi connectivity index (χ4v) is 8.66. The molecule has 0 saturated carbocycles. The molecule has 0 radical (unpaired) electrons. The summed E-state index contributed by atoms with van der Waals surface area (Å²) in [7, 11) is -1.09. The number of nitrogens with zero attached hydrogens (tertiary/aromatic N) is 3. The third-order valence-corrected chi connectivity index (χ3v) is 11.7. The molecule has 6 aromatic rings. The van der Waals surface area contributed by atoms with Crippen molar-refractivity contribution in [2.24, 2.45) is 0 Å². The zero-order valence-electron chi connectivity index (χ0n) is 29.1. The first-order valence-corrected chi connectivity index (χ1v) is 20.3. The second-order valence-corrected chi connectivity index (χ2v) is 18.1. The molecule has 0 saturated heterocycles. The summed E-state index contributed by atoms with van der Waals surface area (Å²) < 4.78 is 0. The van der Waals surface area contributed by atoms with Crippen molar-refractivity contribution in [1.82, 2.24) is 0 Å². The van der Waals surface area contributed by atoms with Crippen LogP contribution in [0.3, 0.4) is 0 Å². The van der Waals surface area contributed by atoms with Gasteiger partial charge in [0.25, 0.3) is 6.71 Å². The van der Waals surface area contributed by atoms with Crippen molar-refractivity contribution in [1.29, 1.82) is 0 Å². The highest BCUT2D eigenvalue weighted by Crippen LogP contribution is 2.52. The van der Waals surface area contributed by atoms with Gasteiger partial charge in [0.05, 0.1) is 0 Å². The molecule has 0 bridgehead atoms. The van der Waals surface area contributed by atoms with Crippen LogP contribution in [0.15, 0.2) is 192 Å². The topological polar surface area (TPSA) is 9.72 Å². The highest BCUT2D eigenvalue weighted by atomic mass is 32.3. The molecule has 0 amide bonds. The number of anilines is 8. The second-order valence-electron chi connectivity index (χ2n) is 13.9. The molecule has 246 valence electrons. The number of rotatable bonds is 6. The molecule has 0 fully saturated rings. The molecule has 9 rings (SSSR count). The number of hydrogen-bond acceptors (Lipinski definition) is 3. The maximum absolute atomic E-state index is 3.24. The average molecular weight is 676 g/mol. The lowest BCUT2D eigenvalue weighted by Gasteiger charge is -2.45. The van der Waals surface area contributed by atoms with Crippen molar-refractivity contribution in [2.75, 3.05) is 33.5 Å². The van der Waals surface area contributed by atoms with E-state index in [9.17, 15) is 0 Å². The minimum absolute atomic E-state index is 0.0634. The molecule has 51 heavy (non-hydrogen) atoms. The van der Waals surface area contributed by atoms with E-state index in [1.807, 2.05) is 12.2 Å². The number of hydrogen-bond donors (Lipinski definition) is 0. The van der Waals surface area contributed by atoms with Gasteiger partial charge in [0.1, 0.15) is 0 Å². The smallest absolute Gasteiger partial charge is 0.252 e. The van der Waals surface area contributed by atoms with E-state index in [1.54, 1.807) is 0 Å². The van der Waals surface area contributed by atoms with Crippen LogP contribution in [0.5, 0.6) is 0 Å². The van der Waals surface area contributed by atoms with Gasteiger partial charge in [-0.2, -0.15) is 0 Å². The van der Waals surface area contributed by atoms with Crippen molar-refractivity contribution in [3.8, 4) is 0 Å². The van der Waals surface area contributed by atoms with Crippen LogP contribution in [0.4, 0.5) is 45.5 Å². The molecule has 0 atom stereocenters. The molecule has 6 aromatic carbocycles. The van der Waals surface area contributed by atoms with Crippen LogP contribution in [0.1, 0.15) is 0 Å². The highest BCUT2D eigenvalue weighted by Gasteiger charge is 2.44. The van der Waals surface area contributed by atoms with Crippen LogP contribution in [-0.2, 0) is 0 Å². The van der Waals surface area contributed by atoms with E-state index in [0.29, 0.717) is 0 Å². The van der Waals surface area contributed by atoms with Gasteiger partial charge in [0.15, 0.2) is 0 Å². The van der Waals surface area contributed by atoms with E-state index in [-0.39, 0.29) is 6.71 Å². The summed E-state index contributed by atoms with van der Waals surface area (Å²) >= 11 is 0. The number of fused-ring (bicyclic) bond motifs is 4. The first-order chi connectivity index (χ1) is 25.0. The van der Waals surface area contributed by atoms with Crippen LogP contribution in [0, 0.1) is 0 Å². The summed E-state index contributed by atoms with van der Waals surface area (Å²) in [4.78, 5) is 8.74. The van der Waals surface area contributed by atoms with Gasteiger partial charge in [-0.25, -0.2) is 10.0 Å². The van der Waals surface area contributed by atoms with Crippen molar-refractivity contribution < 1.29 is 0 Å². The Balaban J connectivity index is 1.36. The third kappa shape index (κ3) is 5.34. The van der Waals surface area contributed by atoms with Gasteiger partial charge < -0.3 is 14.7 Å². The zero-order chi connectivity index (χ0) is 34.5. The van der Waals surface area contributed by atoms with Gasteiger partial charge in [0.2, 0.25) is 0 Å². The fraction of sp³-hybridized carbons (Fsp3) is 0.0652. The maximum Gasteiger partial charge on any atom is 0.252 e. The monoisotopic (exact) mass is 675 g/mol. The lowest BCUT2D eigenvalue weighted by atomic mass is 9.33. The number of para-hydroxylation sites is 4. The van der Waals surface area contributed by atoms with Crippen molar-refractivity contribution in [3.63, 3.8) is 0 Å². The molecular weight excluding hydrogens is 637 g/mol. The van der Waals surface area contributed by atoms with Crippen LogP contribution < -0.4 is 31.1 Å². The standard InChI is InChI=1S/C46H38BN3S/c1-51(2,3)39-32-44-46-45(33-39)50(37-25-15-8-16-26-37)43-31-38(48(35-21-11-6-12-22-35)34-19-9-4-5-10-20-34)29-30-41(43)47(46)40-27-17-18-28-42(40)49(44)36-23-13-7-14-24-36/h4,6-33H,1-3H3. The normalized spacial score (nSPS) is 14.3. The van der Waals surface area contributed by atoms with Crippen molar-refractivity contribution >= 4 is 78.6 Å².